The van der Waals surface area contributed by atoms with Crippen molar-refractivity contribution in [3.05, 3.63) is 54.9 Å². The molecular weight excluding hydrogens is 432 g/mol. The second kappa shape index (κ2) is 8.81. The minimum atomic E-state index is -0.254. The molecule has 0 bridgehead atoms. The van der Waals surface area contributed by atoms with Gasteiger partial charge in [0.25, 0.3) is 0 Å². The molecule has 0 aliphatic carbocycles. The molecule has 34 heavy (non-hydrogen) atoms. The summed E-state index contributed by atoms with van der Waals surface area (Å²) >= 11 is 0. The quantitative estimate of drug-likeness (QED) is 0.367. The number of benzene rings is 2. The Balaban J connectivity index is 1.46. The summed E-state index contributed by atoms with van der Waals surface area (Å²) in [6.07, 6.45) is 3.66. The number of hydrogen-bond acceptors (Lipinski definition) is 6. The van der Waals surface area contributed by atoms with Crippen molar-refractivity contribution < 1.29 is 9.59 Å². The van der Waals surface area contributed by atoms with Gasteiger partial charge in [-0.2, -0.15) is 5.10 Å². The van der Waals surface area contributed by atoms with E-state index in [1.807, 2.05) is 44.2 Å². The Morgan fingerprint density at radius 2 is 2.03 bits per heavy atom. The molecule has 0 saturated heterocycles. The number of carbonyl (C=O) groups excluding carboxylic acids is 2. The van der Waals surface area contributed by atoms with Gasteiger partial charge in [-0.1, -0.05) is 0 Å². The fourth-order valence-electron chi connectivity index (χ4n) is 3.82. The number of aromatic nitrogens is 4. The number of aromatic amines is 1. The molecular formula is C24H24N8O2. The van der Waals surface area contributed by atoms with Crippen LogP contribution >= 0.6 is 0 Å². The molecule has 2 aromatic carbocycles. The monoisotopic (exact) mass is 456 g/mol. The van der Waals surface area contributed by atoms with E-state index in [-0.39, 0.29) is 30.9 Å². The maximum atomic E-state index is 12.8. The predicted molar refractivity (Wildman–Crippen MR) is 131 cm³/mol. The van der Waals surface area contributed by atoms with E-state index in [0.717, 1.165) is 22.2 Å². The fraction of sp³-hybridized carbons (Fsp3) is 0.208. The summed E-state index contributed by atoms with van der Waals surface area (Å²) < 4.78 is 0. The van der Waals surface area contributed by atoms with Crippen LogP contribution in [0.2, 0.25) is 0 Å². The number of nitrogens with zero attached hydrogens (tertiary/aromatic N) is 4. The van der Waals surface area contributed by atoms with Crippen molar-refractivity contribution in [2.75, 3.05) is 22.1 Å². The standard InChI is InChI=1S/C24H24N8O2/c1-14(2)27-24(34)32-10-8-22(33)29-19-5-3-15(12-20(19)32)23-25-9-7-21(30-23)28-17-4-6-18-16(11-17)13-26-31-18/h3-7,9,11-14H,8,10H2,1-2H3,(H,26,31)(H,27,34)(H,29,33)(H,25,28,30). The molecule has 0 unspecified atom stereocenters. The van der Waals surface area contributed by atoms with E-state index < -0.39 is 0 Å². The minimum absolute atomic E-state index is 0.0293. The first-order valence-corrected chi connectivity index (χ1v) is 11.0. The van der Waals surface area contributed by atoms with Crippen LogP contribution in [0.1, 0.15) is 20.3 Å². The first-order valence-electron chi connectivity index (χ1n) is 11.0. The number of amides is 3. The van der Waals surface area contributed by atoms with Gasteiger partial charge >= 0.3 is 6.03 Å². The Morgan fingerprint density at radius 1 is 1.15 bits per heavy atom. The highest BCUT2D eigenvalue weighted by Crippen LogP contribution is 2.33. The Kier molecular flexibility index (Phi) is 5.54. The lowest BCUT2D eigenvalue weighted by Crippen LogP contribution is -2.43. The second-order valence-corrected chi connectivity index (χ2v) is 8.35. The molecule has 3 amide bonds. The molecule has 5 rings (SSSR count). The van der Waals surface area contributed by atoms with Crippen LogP contribution in [0.4, 0.5) is 27.7 Å². The SMILES string of the molecule is CC(C)NC(=O)N1CCC(=O)Nc2ccc(-c3nccc(Nc4ccc5[nH]ncc5c4)n3)cc21. The van der Waals surface area contributed by atoms with Crippen LogP contribution in [0.15, 0.2) is 54.9 Å². The third-order valence-corrected chi connectivity index (χ3v) is 5.41. The molecule has 1 aliphatic rings. The molecule has 0 atom stereocenters. The molecule has 4 aromatic rings. The maximum Gasteiger partial charge on any atom is 0.322 e. The zero-order valence-corrected chi connectivity index (χ0v) is 18.8. The summed E-state index contributed by atoms with van der Waals surface area (Å²) in [4.78, 5) is 35.7. The van der Waals surface area contributed by atoms with Crippen LogP contribution in [-0.4, -0.2) is 44.7 Å². The van der Waals surface area contributed by atoms with Gasteiger partial charge in [-0.05, 0) is 56.3 Å². The van der Waals surface area contributed by atoms with E-state index >= 15 is 0 Å². The van der Waals surface area contributed by atoms with Crippen molar-refractivity contribution >= 4 is 45.7 Å². The van der Waals surface area contributed by atoms with Crippen LogP contribution in [0.25, 0.3) is 22.3 Å². The van der Waals surface area contributed by atoms with Crippen molar-refractivity contribution in [1.29, 1.82) is 0 Å². The van der Waals surface area contributed by atoms with Gasteiger partial charge in [-0.25, -0.2) is 14.8 Å². The van der Waals surface area contributed by atoms with E-state index in [1.165, 1.54) is 0 Å². The molecule has 0 fully saturated rings. The highest BCUT2D eigenvalue weighted by atomic mass is 16.2. The topological polar surface area (TPSA) is 128 Å². The molecule has 172 valence electrons. The molecule has 0 radical (unpaired) electrons. The van der Waals surface area contributed by atoms with E-state index in [1.54, 1.807) is 29.4 Å². The molecule has 3 heterocycles. The van der Waals surface area contributed by atoms with E-state index in [4.69, 9.17) is 0 Å². The zero-order valence-electron chi connectivity index (χ0n) is 18.8. The second-order valence-electron chi connectivity index (χ2n) is 8.35. The summed E-state index contributed by atoms with van der Waals surface area (Å²) in [6, 6.07) is 12.8. The lowest BCUT2D eigenvalue weighted by molar-refractivity contribution is -0.115. The van der Waals surface area contributed by atoms with Crippen molar-refractivity contribution in [2.24, 2.45) is 0 Å². The van der Waals surface area contributed by atoms with Gasteiger partial charge in [0, 0.05) is 41.8 Å². The first kappa shape index (κ1) is 21.4. The highest BCUT2D eigenvalue weighted by Gasteiger charge is 2.25. The van der Waals surface area contributed by atoms with E-state index in [9.17, 15) is 9.59 Å². The predicted octanol–water partition coefficient (Wildman–Crippen LogP) is 4.03. The summed E-state index contributed by atoms with van der Waals surface area (Å²) in [7, 11) is 0. The van der Waals surface area contributed by atoms with Gasteiger partial charge in [0.1, 0.15) is 5.82 Å². The third kappa shape index (κ3) is 4.38. The summed E-state index contributed by atoms with van der Waals surface area (Å²) in [5.74, 6) is 0.994. The van der Waals surface area contributed by atoms with Gasteiger partial charge < -0.3 is 16.0 Å². The highest BCUT2D eigenvalue weighted by molar-refractivity contribution is 6.04. The number of nitrogens with one attached hydrogen (secondary N) is 4. The number of hydrogen-bond donors (Lipinski definition) is 4. The molecule has 10 heteroatoms. The Bertz CT molecular complexity index is 1380. The summed E-state index contributed by atoms with van der Waals surface area (Å²) in [5, 5.41) is 17.0. The number of rotatable bonds is 4. The van der Waals surface area contributed by atoms with Gasteiger partial charge in [0.05, 0.1) is 23.1 Å². The molecule has 0 saturated carbocycles. The largest absolute Gasteiger partial charge is 0.340 e. The number of fused-ring (bicyclic) bond motifs is 2. The van der Waals surface area contributed by atoms with Gasteiger partial charge in [-0.3, -0.25) is 14.8 Å². The molecule has 10 nitrogen and oxygen atoms in total. The number of urea groups is 1. The molecule has 0 spiro atoms. The van der Waals surface area contributed by atoms with Crippen LogP contribution in [0, 0.1) is 0 Å². The lowest BCUT2D eigenvalue weighted by Gasteiger charge is -2.24. The Labute approximate surface area is 195 Å². The number of carbonyl (C=O) groups is 2. The van der Waals surface area contributed by atoms with Crippen molar-refractivity contribution in [3.8, 4) is 11.4 Å². The minimum Gasteiger partial charge on any atom is -0.340 e. The molecule has 4 N–H and O–H groups in total. The van der Waals surface area contributed by atoms with Gasteiger partial charge in [0.2, 0.25) is 5.91 Å². The molecule has 2 aromatic heterocycles. The van der Waals surface area contributed by atoms with Crippen molar-refractivity contribution in [2.45, 2.75) is 26.3 Å². The van der Waals surface area contributed by atoms with E-state index in [0.29, 0.717) is 23.0 Å². The van der Waals surface area contributed by atoms with Crippen LogP contribution in [0.5, 0.6) is 0 Å². The normalized spacial score (nSPS) is 13.4. The Morgan fingerprint density at radius 3 is 2.88 bits per heavy atom. The molecule has 1 aliphatic heterocycles. The average molecular weight is 457 g/mol. The van der Waals surface area contributed by atoms with E-state index in [2.05, 4.69) is 36.1 Å². The fourth-order valence-corrected chi connectivity index (χ4v) is 3.82. The third-order valence-electron chi connectivity index (χ3n) is 5.41. The smallest absolute Gasteiger partial charge is 0.322 e. The average Bonchev–Trinajstić information content (AvgIpc) is 3.20. The zero-order chi connectivity index (χ0) is 23.7. The lowest BCUT2D eigenvalue weighted by atomic mass is 10.1. The summed E-state index contributed by atoms with van der Waals surface area (Å²) in [6.45, 7) is 4.07. The van der Waals surface area contributed by atoms with Gasteiger partial charge in [-0.15, -0.1) is 0 Å². The maximum absolute atomic E-state index is 12.8. The van der Waals surface area contributed by atoms with Crippen LogP contribution in [-0.2, 0) is 4.79 Å². The first-order chi connectivity index (χ1) is 16.5. The number of H-pyrrole nitrogens is 1. The van der Waals surface area contributed by atoms with Crippen molar-refractivity contribution in [3.63, 3.8) is 0 Å². The van der Waals surface area contributed by atoms with Gasteiger partial charge in [0.15, 0.2) is 5.82 Å². The van der Waals surface area contributed by atoms with Crippen LogP contribution < -0.4 is 20.9 Å². The summed E-state index contributed by atoms with van der Waals surface area (Å²) in [5.41, 5.74) is 3.74. The van der Waals surface area contributed by atoms with Crippen LogP contribution in [0.3, 0.4) is 0 Å². The Hall–Kier alpha value is -4.47. The van der Waals surface area contributed by atoms with Crippen molar-refractivity contribution in [1.82, 2.24) is 25.5 Å². The number of anilines is 4.